The fourth-order valence-corrected chi connectivity index (χ4v) is 3.11. The summed E-state index contributed by atoms with van der Waals surface area (Å²) in [5.41, 5.74) is 4.83. The number of likely N-dealkylation sites (N-methyl/N-ethyl adjacent to an activating group) is 1. The van der Waals surface area contributed by atoms with Gasteiger partial charge >= 0.3 is 0 Å². The molecule has 1 aliphatic heterocycles. The summed E-state index contributed by atoms with van der Waals surface area (Å²) in [4.78, 5) is 2.46. The second-order valence-corrected chi connectivity index (χ2v) is 5.62. The smallest absolute Gasteiger partial charge is 0.0959 e. The van der Waals surface area contributed by atoms with Crippen molar-refractivity contribution in [1.82, 2.24) is 15.1 Å². The number of rotatable bonds is 4. The first kappa shape index (κ1) is 13.7. The lowest BCUT2D eigenvalue weighted by atomic mass is 10.0. The van der Waals surface area contributed by atoms with Crippen molar-refractivity contribution in [2.75, 3.05) is 25.5 Å². The van der Waals surface area contributed by atoms with Gasteiger partial charge in [-0.05, 0) is 30.5 Å². The van der Waals surface area contributed by atoms with Crippen LogP contribution in [0.2, 0.25) is 0 Å². The monoisotopic (exact) mass is 289 g/mol. The predicted molar refractivity (Wildman–Crippen MR) is 85.2 cm³/mol. The molecule has 1 aromatic carbocycles. The van der Waals surface area contributed by atoms with Gasteiger partial charge in [-0.3, -0.25) is 10.00 Å². The fourth-order valence-electron chi connectivity index (χ4n) is 2.90. The van der Waals surface area contributed by atoms with Gasteiger partial charge in [-0.2, -0.15) is 5.10 Å². The van der Waals surface area contributed by atoms with Gasteiger partial charge in [-0.15, -0.1) is 11.6 Å². The lowest BCUT2D eigenvalue weighted by molar-refractivity contribution is 0.321. The zero-order chi connectivity index (χ0) is 13.9. The molecular weight excluding hydrogens is 270 g/mol. The van der Waals surface area contributed by atoms with Crippen molar-refractivity contribution in [3.8, 4) is 0 Å². The van der Waals surface area contributed by atoms with Gasteiger partial charge in [0.2, 0.25) is 0 Å². The summed E-state index contributed by atoms with van der Waals surface area (Å²) < 4.78 is 0. The molecule has 2 heterocycles. The molecule has 0 bridgehead atoms. The van der Waals surface area contributed by atoms with Crippen LogP contribution in [0, 0.1) is 0 Å². The van der Waals surface area contributed by atoms with Crippen LogP contribution in [0.5, 0.6) is 0 Å². The van der Waals surface area contributed by atoms with Gasteiger partial charge in [-0.25, -0.2) is 0 Å². The molecule has 0 radical (unpaired) electrons. The number of aromatic nitrogens is 2. The number of fused-ring (bicyclic) bond motifs is 1. The second-order valence-electron chi connectivity index (χ2n) is 5.24. The summed E-state index contributed by atoms with van der Waals surface area (Å²) >= 11 is 5.87. The number of aromatic amines is 1. The first-order valence-electron chi connectivity index (χ1n) is 7.27. The Hall–Kier alpha value is -1.32. The highest BCUT2D eigenvalue weighted by molar-refractivity contribution is 6.18. The Morgan fingerprint density at radius 3 is 3.10 bits per heavy atom. The molecule has 0 saturated carbocycles. The summed E-state index contributed by atoms with van der Waals surface area (Å²) in [7, 11) is 0. The van der Waals surface area contributed by atoms with E-state index in [0.29, 0.717) is 5.88 Å². The van der Waals surface area contributed by atoms with Crippen molar-refractivity contribution in [3.05, 3.63) is 35.5 Å². The molecule has 0 aliphatic carbocycles. The summed E-state index contributed by atoms with van der Waals surface area (Å²) in [5, 5.41) is 8.98. The molecule has 4 heteroatoms. The van der Waals surface area contributed by atoms with Crippen LogP contribution in [0.3, 0.4) is 0 Å². The molecule has 0 atom stereocenters. The zero-order valence-corrected chi connectivity index (χ0v) is 12.6. The maximum atomic E-state index is 5.87. The average Bonchev–Trinajstić information content (AvgIpc) is 2.93. The molecule has 106 valence electrons. The van der Waals surface area contributed by atoms with Crippen LogP contribution in [-0.2, 0) is 6.42 Å². The lowest BCUT2D eigenvalue weighted by Gasteiger charge is -2.25. The lowest BCUT2D eigenvalue weighted by Crippen LogP contribution is -2.29. The standard InChI is InChI=1S/C16H20ClN3/c1-2-20-10-4-6-13(11-20)16-14-7-3-5-12(8-9-17)15(14)18-19-16/h3,5-7H,2,4,8-11H2,1H3,(H,18,19). The summed E-state index contributed by atoms with van der Waals surface area (Å²) in [6, 6.07) is 6.37. The quantitative estimate of drug-likeness (QED) is 0.874. The van der Waals surface area contributed by atoms with Crippen molar-refractivity contribution >= 4 is 28.1 Å². The molecular formula is C16H20ClN3. The van der Waals surface area contributed by atoms with Crippen LogP contribution < -0.4 is 0 Å². The summed E-state index contributed by atoms with van der Waals surface area (Å²) in [5.74, 6) is 0.633. The third-order valence-electron chi connectivity index (χ3n) is 4.03. The molecule has 20 heavy (non-hydrogen) atoms. The molecule has 1 N–H and O–H groups in total. The normalized spacial score (nSPS) is 16.6. The van der Waals surface area contributed by atoms with E-state index in [2.05, 4.69) is 46.3 Å². The Balaban J connectivity index is 2.00. The minimum atomic E-state index is 0.633. The minimum Gasteiger partial charge on any atom is -0.299 e. The van der Waals surface area contributed by atoms with Crippen LogP contribution >= 0.6 is 11.6 Å². The molecule has 1 aliphatic rings. The van der Waals surface area contributed by atoms with Gasteiger partial charge in [0.15, 0.2) is 0 Å². The largest absolute Gasteiger partial charge is 0.299 e. The van der Waals surface area contributed by atoms with E-state index < -0.39 is 0 Å². The van der Waals surface area contributed by atoms with Crippen LogP contribution in [0.4, 0.5) is 0 Å². The number of H-pyrrole nitrogens is 1. The van der Waals surface area contributed by atoms with Gasteiger partial charge in [0.05, 0.1) is 11.2 Å². The van der Waals surface area contributed by atoms with Gasteiger partial charge in [-0.1, -0.05) is 31.2 Å². The number of nitrogens with zero attached hydrogens (tertiary/aromatic N) is 2. The van der Waals surface area contributed by atoms with Crippen LogP contribution in [0.1, 0.15) is 24.6 Å². The Morgan fingerprint density at radius 2 is 2.30 bits per heavy atom. The molecule has 1 aromatic heterocycles. The molecule has 3 rings (SSSR count). The molecule has 2 aromatic rings. The van der Waals surface area contributed by atoms with Gasteiger partial charge in [0, 0.05) is 24.4 Å². The van der Waals surface area contributed by atoms with Crippen LogP contribution in [0.25, 0.3) is 16.5 Å². The van der Waals surface area contributed by atoms with Crippen LogP contribution in [-0.4, -0.2) is 40.6 Å². The maximum Gasteiger partial charge on any atom is 0.0959 e. The van der Waals surface area contributed by atoms with E-state index >= 15 is 0 Å². The summed E-state index contributed by atoms with van der Waals surface area (Å²) in [6.07, 6.45) is 4.32. The number of hydrogen-bond acceptors (Lipinski definition) is 2. The molecule has 0 fully saturated rings. The van der Waals surface area contributed by atoms with Crippen molar-refractivity contribution in [2.24, 2.45) is 0 Å². The van der Waals surface area contributed by atoms with E-state index in [4.69, 9.17) is 11.6 Å². The van der Waals surface area contributed by atoms with Gasteiger partial charge in [0.1, 0.15) is 0 Å². The van der Waals surface area contributed by atoms with E-state index in [1.165, 1.54) is 22.2 Å². The Labute approximate surface area is 124 Å². The van der Waals surface area contributed by atoms with E-state index in [1.54, 1.807) is 0 Å². The molecule has 3 nitrogen and oxygen atoms in total. The summed E-state index contributed by atoms with van der Waals surface area (Å²) in [6.45, 7) is 5.48. The predicted octanol–water partition coefficient (Wildman–Crippen LogP) is 3.45. The number of hydrogen-bond donors (Lipinski definition) is 1. The van der Waals surface area contributed by atoms with Crippen molar-refractivity contribution in [2.45, 2.75) is 19.8 Å². The Bertz CT molecular complexity index is 630. The first-order valence-corrected chi connectivity index (χ1v) is 7.80. The van der Waals surface area contributed by atoms with E-state index in [0.717, 1.165) is 38.0 Å². The SMILES string of the molecule is CCN1CCC=C(c2[nH]nc3c(CCCl)cccc23)C1. The highest BCUT2D eigenvalue weighted by Crippen LogP contribution is 2.28. The van der Waals surface area contributed by atoms with Crippen molar-refractivity contribution in [1.29, 1.82) is 0 Å². The molecule has 0 unspecified atom stereocenters. The minimum absolute atomic E-state index is 0.633. The van der Waals surface area contributed by atoms with E-state index in [9.17, 15) is 0 Å². The highest BCUT2D eigenvalue weighted by atomic mass is 35.5. The number of alkyl halides is 1. The highest BCUT2D eigenvalue weighted by Gasteiger charge is 2.17. The third-order valence-corrected chi connectivity index (χ3v) is 4.22. The number of halogens is 1. The topological polar surface area (TPSA) is 31.9 Å². The second kappa shape index (κ2) is 5.98. The number of nitrogens with one attached hydrogen (secondary N) is 1. The first-order chi connectivity index (χ1) is 9.83. The zero-order valence-electron chi connectivity index (χ0n) is 11.8. The van der Waals surface area contributed by atoms with Gasteiger partial charge < -0.3 is 0 Å². The van der Waals surface area contributed by atoms with E-state index in [-0.39, 0.29) is 0 Å². The van der Waals surface area contributed by atoms with Crippen molar-refractivity contribution in [3.63, 3.8) is 0 Å². The molecule has 0 spiro atoms. The number of aryl methyl sites for hydroxylation is 1. The molecule has 0 saturated heterocycles. The number of para-hydroxylation sites is 1. The Morgan fingerprint density at radius 1 is 1.40 bits per heavy atom. The molecule has 0 amide bonds. The average molecular weight is 290 g/mol. The fraction of sp³-hybridized carbons (Fsp3) is 0.438. The maximum absolute atomic E-state index is 5.87. The van der Waals surface area contributed by atoms with E-state index in [1.807, 2.05) is 0 Å². The Kier molecular flexibility index (Phi) is 4.08. The third kappa shape index (κ3) is 2.48. The number of benzene rings is 1. The van der Waals surface area contributed by atoms with Crippen LogP contribution in [0.15, 0.2) is 24.3 Å². The van der Waals surface area contributed by atoms with Gasteiger partial charge in [0.25, 0.3) is 0 Å². The van der Waals surface area contributed by atoms with Crippen molar-refractivity contribution < 1.29 is 0 Å².